The minimum absolute atomic E-state index is 0. The molecule has 1 N–H and O–H groups in total. The van der Waals surface area contributed by atoms with E-state index in [1.165, 1.54) is 0 Å². The lowest BCUT2D eigenvalue weighted by molar-refractivity contribution is 0.185. The highest BCUT2D eigenvalue weighted by atomic mass is 35.5. The second-order valence-electron chi connectivity index (χ2n) is 4.16. The first-order valence-corrected chi connectivity index (χ1v) is 5.76. The zero-order valence-electron chi connectivity index (χ0n) is 10.4. The molecule has 1 aromatic carbocycles. The molecule has 1 aliphatic heterocycles. The van der Waals surface area contributed by atoms with Crippen LogP contribution >= 0.6 is 24.8 Å². The van der Waals surface area contributed by atoms with Gasteiger partial charge < -0.3 is 5.32 Å². The van der Waals surface area contributed by atoms with Gasteiger partial charge in [-0.3, -0.25) is 4.90 Å². The van der Waals surface area contributed by atoms with Crippen molar-refractivity contribution in [1.82, 2.24) is 10.2 Å². The van der Waals surface area contributed by atoms with E-state index < -0.39 is 0 Å². The van der Waals surface area contributed by atoms with Crippen LogP contribution in [0.15, 0.2) is 24.3 Å². The average Bonchev–Trinajstić information content (AvgIpc) is 2.39. The van der Waals surface area contributed by atoms with Crippen molar-refractivity contribution in [3.63, 3.8) is 0 Å². The molecular formula is C13H19Cl2N3. The molecule has 0 amide bonds. The van der Waals surface area contributed by atoms with Gasteiger partial charge in [0.05, 0.1) is 11.6 Å². The van der Waals surface area contributed by atoms with Gasteiger partial charge in [0.1, 0.15) is 0 Å². The van der Waals surface area contributed by atoms with E-state index in [4.69, 9.17) is 5.26 Å². The normalized spacial score (nSPS) is 16.9. The molecule has 5 heteroatoms. The number of benzene rings is 1. The summed E-state index contributed by atoms with van der Waals surface area (Å²) < 4.78 is 0. The molecule has 0 bridgehead atoms. The number of nitrogens with zero attached hydrogens (tertiary/aromatic N) is 2. The maximum absolute atomic E-state index is 9.08. The standard InChI is InChI=1S/C13H17N3.2ClH/c1-11(16-8-6-15-7-9-16)13-5-3-2-4-12(13)10-14;;/h2-5,11,15H,6-9H2,1H3;2*1H/t11-;;/m0../s1. The Morgan fingerprint density at radius 2 is 1.83 bits per heavy atom. The van der Waals surface area contributed by atoms with Crippen LogP contribution in [0.5, 0.6) is 0 Å². The summed E-state index contributed by atoms with van der Waals surface area (Å²) in [4.78, 5) is 2.42. The molecule has 0 aromatic heterocycles. The lowest BCUT2D eigenvalue weighted by Gasteiger charge is -2.33. The molecule has 0 unspecified atom stereocenters. The lowest BCUT2D eigenvalue weighted by atomic mass is 10.0. The molecule has 1 aromatic rings. The highest BCUT2D eigenvalue weighted by Crippen LogP contribution is 2.23. The number of nitrogens with one attached hydrogen (secondary N) is 1. The van der Waals surface area contributed by atoms with Crippen LogP contribution in [0, 0.1) is 11.3 Å². The Balaban J connectivity index is 0.00000144. The fourth-order valence-corrected chi connectivity index (χ4v) is 2.23. The second-order valence-corrected chi connectivity index (χ2v) is 4.16. The van der Waals surface area contributed by atoms with Crippen LogP contribution in [0.4, 0.5) is 0 Å². The van der Waals surface area contributed by atoms with Crippen LogP contribution in [0.1, 0.15) is 24.1 Å². The van der Waals surface area contributed by atoms with Gasteiger partial charge in [0.25, 0.3) is 0 Å². The van der Waals surface area contributed by atoms with Crippen LogP contribution in [0.25, 0.3) is 0 Å². The minimum Gasteiger partial charge on any atom is -0.314 e. The Labute approximate surface area is 121 Å². The van der Waals surface area contributed by atoms with Crippen molar-refractivity contribution in [2.45, 2.75) is 13.0 Å². The van der Waals surface area contributed by atoms with Gasteiger partial charge in [0.2, 0.25) is 0 Å². The summed E-state index contributed by atoms with van der Waals surface area (Å²) in [5, 5.41) is 12.4. The third-order valence-corrected chi connectivity index (χ3v) is 3.23. The van der Waals surface area contributed by atoms with Crippen molar-refractivity contribution in [1.29, 1.82) is 5.26 Å². The summed E-state index contributed by atoms with van der Waals surface area (Å²) in [6.07, 6.45) is 0. The third-order valence-electron chi connectivity index (χ3n) is 3.23. The first-order valence-electron chi connectivity index (χ1n) is 5.76. The van der Waals surface area contributed by atoms with Crippen molar-refractivity contribution in [3.05, 3.63) is 35.4 Å². The fraction of sp³-hybridized carbons (Fsp3) is 0.462. The first kappa shape index (κ1) is 17.2. The molecule has 18 heavy (non-hydrogen) atoms. The molecule has 2 rings (SSSR count). The monoisotopic (exact) mass is 287 g/mol. The van der Waals surface area contributed by atoms with Crippen LogP contribution in [0.3, 0.4) is 0 Å². The van der Waals surface area contributed by atoms with E-state index in [2.05, 4.69) is 29.3 Å². The summed E-state index contributed by atoms with van der Waals surface area (Å²) in [6, 6.07) is 10.5. The molecule has 3 nitrogen and oxygen atoms in total. The highest BCUT2D eigenvalue weighted by molar-refractivity contribution is 5.85. The lowest BCUT2D eigenvalue weighted by Crippen LogP contribution is -2.44. The number of piperazine rings is 1. The molecule has 0 spiro atoms. The Morgan fingerprint density at radius 1 is 1.22 bits per heavy atom. The molecular weight excluding hydrogens is 269 g/mol. The van der Waals surface area contributed by atoms with Crippen LogP contribution in [-0.4, -0.2) is 31.1 Å². The molecule has 1 fully saturated rings. The highest BCUT2D eigenvalue weighted by Gasteiger charge is 2.19. The summed E-state index contributed by atoms with van der Waals surface area (Å²) in [6.45, 7) is 6.38. The number of hydrogen-bond donors (Lipinski definition) is 1. The molecule has 1 atom stereocenters. The van der Waals surface area contributed by atoms with Crippen molar-refractivity contribution < 1.29 is 0 Å². The summed E-state index contributed by atoms with van der Waals surface area (Å²) in [5.74, 6) is 0. The molecule has 0 saturated carbocycles. The van der Waals surface area contributed by atoms with E-state index in [1.807, 2.05) is 18.2 Å². The van der Waals surface area contributed by atoms with Gasteiger partial charge >= 0.3 is 0 Å². The number of rotatable bonds is 2. The predicted octanol–water partition coefficient (Wildman–Crippen LogP) is 2.37. The van der Waals surface area contributed by atoms with Gasteiger partial charge in [-0.1, -0.05) is 18.2 Å². The van der Waals surface area contributed by atoms with Gasteiger partial charge in [-0.25, -0.2) is 0 Å². The predicted molar refractivity (Wildman–Crippen MR) is 78.5 cm³/mol. The Bertz CT molecular complexity index is 397. The summed E-state index contributed by atoms with van der Waals surface area (Å²) in [5.41, 5.74) is 1.94. The minimum atomic E-state index is 0. The van der Waals surface area contributed by atoms with E-state index >= 15 is 0 Å². The van der Waals surface area contributed by atoms with E-state index in [0.717, 1.165) is 37.3 Å². The van der Waals surface area contributed by atoms with Crippen molar-refractivity contribution in [3.8, 4) is 6.07 Å². The van der Waals surface area contributed by atoms with Gasteiger partial charge in [0.15, 0.2) is 0 Å². The maximum Gasteiger partial charge on any atom is 0.0995 e. The van der Waals surface area contributed by atoms with Gasteiger partial charge in [-0.15, -0.1) is 24.8 Å². The van der Waals surface area contributed by atoms with Crippen LogP contribution in [-0.2, 0) is 0 Å². The van der Waals surface area contributed by atoms with Crippen molar-refractivity contribution in [2.24, 2.45) is 0 Å². The molecule has 100 valence electrons. The van der Waals surface area contributed by atoms with E-state index in [1.54, 1.807) is 0 Å². The molecule has 1 saturated heterocycles. The van der Waals surface area contributed by atoms with E-state index in [-0.39, 0.29) is 24.8 Å². The average molecular weight is 288 g/mol. The number of halogens is 2. The van der Waals surface area contributed by atoms with E-state index in [0.29, 0.717) is 6.04 Å². The second kappa shape index (κ2) is 8.34. The smallest absolute Gasteiger partial charge is 0.0995 e. The van der Waals surface area contributed by atoms with Gasteiger partial charge in [-0.05, 0) is 18.6 Å². The molecule has 1 aliphatic rings. The number of hydrogen-bond acceptors (Lipinski definition) is 3. The molecule has 0 aliphatic carbocycles. The zero-order valence-corrected chi connectivity index (χ0v) is 12.1. The Morgan fingerprint density at radius 3 is 2.44 bits per heavy atom. The Hall–Kier alpha value is -0.790. The van der Waals surface area contributed by atoms with Crippen LogP contribution < -0.4 is 5.32 Å². The van der Waals surface area contributed by atoms with Crippen molar-refractivity contribution >= 4 is 24.8 Å². The van der Waals surface area contributed by atoms with Crippen molar-refractivity contribution in [2.75, 3.05) is 26.2 Å². The zero-order chi connectivity index (χ0) is 11.4. The van der Waals surface area contributed by atoms with Crippen LogP contribution in [0.2, 0.25) is 0 Å². The summed E-state index contributed by atoms with van der Waals surface area (Å²) in [7, 11) is 0. The van der Waals surface area contributed by atoms with Gasteiger partial charge in [-0.2, -0.15) is 5.26 Å². The first-order chi connectivity index (χ1) is 7.83. The maximum atomic E-state index is 9.08. The SMILES string of the molecule is C[C@@H](c1ccccc1C#N)N1CCNCC1.Cl.Cl. The van der Waals surface area contributed by atoms with E-state index in [9.17, 15) is 0 Å². The quantitative estimate of drug-likeness (QED) is 0.908. The molecule has 0 radical (unpaired) electrons. The number of nitriles is 1. The third kappa shape index (κ3) is 3.86. The fourth-order valence-electron chi connectivity index (χ4n) is 2.23. The summed E-state index contributed by atoms with van der Waals surface area (Å²) >= 11 is 0. The topological polar surface area (TPSA) is 39.1 Å². The Kier molecular flexibility index (Phi) is 7.97. The largest absolute Gasteiger partial charge is 0.314 e. The van der Waals surface area contributed by atoms with Gasteiger partial charge in [0, 0.05) is 32.2 Å². The molecule has 1 heterocycles.